The molecule has 4 aromatic rings. The van der Waals surface area contributed by atoms with Gasteiger partial charge in [-0.05, 0) is 55.0 Å². The SMILES string of the molecule is CSSc1ccc(Cn2c(=N)n(C(CO)Cc3ccc(C)cc3)c3ccccc32)cc1. The number of hydrogen-bond acceptors (Lipinski definition) is 4. The minimum Gasteiger partial charge on any atom is -0.394 e. The van der Waals surface area contributed by atoms with E-state index >= 15 is 0 Å². The summed E-state index contributed by atoms with van der Waals surface area (Å²) in [5.41, 5.74) is 5.94. The Morgan fingerprint density at radius 3 is 2.19 bits per heavy atom. The maximum absolute atomic E-state index is 10.2. The monoisotopic (exact) mass is 449 g/mol. The molecule has 0 aliphatic heterocycles. The van der Waals surface area contributed by atoms with Crippen LogP contribution in [0.5, 0.6) is 0 Å². The summed E-state index contributed by atoms with van der Waals surface area (Å²) < 4.78 is 4.01. The highest BCUT2D eigenvalue weighted by atomic mass is 33.1. The van der Waals surface area contributed by atoms with Gasteiger partial charge in [0.05, 0.1) is 30.2 Å². The summed E-state index contributed by atoms with van der Waals surface area (Å²) >= 11 is 0. The van der Waals surface area contributed by atoms with E-state index in [2.05, 4.69) is 67.8 Å². The number of aliphatic hydroxyl groups excluding tert-OH is 1. The molecule has 2 N–H and O–H groups in total. The number of benzene rings is 3. The van der Waals surface area contributed by atoms with Crippen LogP contribution in [-0.2, 0) is 13.0 Å². The zero-order valence-corrected chi connectivity index (χ0v) is 19.4. The normalized spacial score (nSPS) is 12.4. The van der Waals surface area contributed by atoms with Gasteiger partial charge in [0.25, 0.3) is 0 Å². The van der Waals surface area contributed by atoms with Crippen molar-refractivity contribution in [1.29, 1.82) is 5.41 Å². The van der Waals surface area contributed by atoms with Crippen molar-refractivity contribution in [2.24, 2.45) is 0 Å². The van der Waals surface area contributed by atoms with Crippen molar-refractivity contribution < 1.29 is 5.11 Å². The fourth-order valence-corrected chi connectivity index (χ4v) is 5.30. The van der Waals surface area contributed by atoms with Gasteiger partial charge in [-0.3, -0.25) is 5.41 Å². The van der Waals surface area contributed by atoms with Crippen LogP contribution in [0.4, 0.5) is 0 Å². The van der Waals surface area contributed by atoms with Crippen LogP contribution in [0.15, 0.2) is 77.7 Å². The van der Waals surface area contributed by atoms with E-state index in [4.69, 9.17) is 5.41 Å². The summed E-state index contributed by atoms with van der Waals surface area (Å²) in [6.07, 6.45) is 2.76. The lowest BCUT2D eigenvalue weighted by Crippen LogP contribution is -2.30. The van der Waals surface area contributed by atoms with Crippen molar-refractivity contribution in [2.75, 3.05) is 12.9 Å². The van der Waals surface area contributed by atoms with Gasteiger partial charge in [-0.2, -0.15) is 0 Å². The number of nitrogens with zero attached hydrogens (tertiary/aromatic N) is 2. The molecular formula is C25H27N3OS2. The third kappa shape index (κ3) is 4.76. The molecule has 0 saturated carbocycles. The van der Waals surface area contributed by atoms with E-state index in [1.807, 2.05) is 27.3 Å². The molecule has 4 rings (SSSR count). The van der Waals surface area contributed by atoms with Crippen LogP contribution in [0.2, 0.25) is 0 Å². The zero-order chi connectivity index (χ0) is 21.8. The molecule has 1 aromatic heterocycles. The molecule has 1 atom stereocenters. The zero-order valence-electron chi connectivity index (χ0n) is 17.8. The maximum Gasteiger partial charge on any atom is 0.203 e. The van der Waals surface area contributed by atoms with E-state index in [0.29, 0.717) is 18.6 Å². The Labute approximate surface area is 190 Å². The lowest BCUT2D eigenvalue weighted by molar-refractivity contribution is 0.225. The van der Waals surface area contributed by atoms with Gasteiger partial charge in [0, 0.05) is 4.90 Å². The Bertz CT molecular complexity index is 1210. The molecule has 1 unspecified atom stereocenters. The highest BCUT2D eigenvalue weighted by Gasteiger charge is 2.19. The van der Waals surface area contributed by atoms with E-state index < -0.39 is 0 Å². The minimum absolute atomic E-state index is 0.0148. The van der Waals surface area contributed by atoms with E-state index in [0.717, 1.165) is 22.2 Å². The van der Waals surface area contributed by atoms with Crippen LogP contribution in [0.3, 0.4) is 0 Å². The average Bonchev–Trinajstić information content (AvgIpc) is 3.06. The lowest BCUT2D eigenvalue weighted by atomic mass is 10.0. The molecule has 0 bridgehead atoms. The molecule has 160 valence electrons. The Hall–Kier alpha value is -2.41. The summed E-state index contributed by atoms with van der Waals surface area (Å²) in [4.78, 5) is 1.23. The average molecular weight is 450 g/mol. The second kappa shape index (κ2) is 9.81. The number of aromatic nitrogens is 2. The molecule has 6 heteroatoms. The standard InChI is InChI=1S/C25H27N3OS2/c1-18-7-9-19(10-8-18)15-21(17-29)28-24-6-4-3-5-23(24)27(25(28)26)16-20-11-13-22(14-12-20)31-30-2/h3-14,21,26,29H,15-17H2,1-2H3. The molecule has 0 aliphatic carbocycles. The first-order chi connectivity index (χ1) is 15.1. The third-order valence-corrected chi connectivity index (χ3v) is 7.24. The maximum atomic E-state index is 10.2. The molecule has 0 fully saturated rings. The molecule has 0 amide bonds. The Morgan fingerprint density at radius 1 is 0.903 bits per heavy atom. The molecule has 31 heavy (non-hydrogen) atoms. The third-order valence-electron chi connectivity index (χ3n) is 5.53. The molecule has 0 aliphatic rings. The van der Waals surface area contributed by atoms with Gasteiger partial charge in [-0.1, -0.05) is 75.7 Å². The quantitative estimate of drug-likeness (QED) is 0.353. The van der Waals surface area contributed by atoms with Crippen molar-refractivity contribution in [2.45, 2.75) is 30.8 Å². The Morgan fingerprint density at radius 2 is 1.55 bits per heavy atom. The van der Waals surface area contributed by atoms with Crippen LogP contribution in [-0.4, -0.2) is 27.1 Å². The molecule has 0 radical (unpaired) electrons. The molecule has 0 saturated heterocycles. The predicted molar refractivity (Wildman–Crippen MR) is 132 cm³/mol. The number of fused-ring (bicyclic) bond motifs is 1. The van der Waals surface area contributed by atoms with E-state index in [1.54, 1.807) is 21.6 Å². The van der Waals surface area contributed by atoms with Gasteiger partial charge in [0.15, 0.2) is 0 Å². The van der Waals surface area contributed by atoms with Gasteiger partial charge >= 0.3 is 0 Å². The van der Waals surface area contributed by atoms with Crippen LogP contribution in [0.25, 0.3) is 11.0 Å². The van der Waals surface area contributed by atoms with Crippen molar-refractivity contribution in [3.8, 4) is 0 Å². The Kier molecular flexibility index (Phi) is 6.90. The highest BCUT2D eigenvalue weighted by Crippen LogP contribution is 2.28. The molecule has 3 aromatic carbocycles. The largest absolute Gasteiger partial charge is 0.394 e. The summed E-state index contributed by atoms with van der Waals surface area (Å²) in [5.74, 6) is 0. The fourth-order valence-electron chi connectivity index (χ4n) is 3.95. The number of rotatable bonds is 8. The molecule has 4 nitrogen and oxygen atoms in total. The summed E-state index contributed by atoms with van der Waals surface area (Å²) in [5, 5.41) is 19.2. The van der Waals surface area contributed by atoms with Gasteiger partial charge in [-0.15, -0.1) is 0 Å². The van der Waals surface area contributed by atoms with Crippen molar-refractivity contribution in [1.82, 2.24) is 9.13 Å². The second-order valence-electron chi connectivity index (χ2n) is 7.69. The summed E-state index contributed by atoms with van der Waals surface area (Å²) in [6.45, 7) is 2.68. The first kappa shape index (κ1) is 21.8. The van der Waals surface area contributed by atoms with Crippen molar-refractivity contribution in [3.05, 3.63) is 95.1 Å². The highest BCUT2D eigenvalue weighted by molar-refractivity contribution is 8.76. The van der Waals surface area contributed by atoms with Gasteiger partial charge in [0.1, 0.15) is 0 Å². The van der Waals surface area contributed by atoms with Gasteiger partial charge in [-0.25, -0.2) is 0 Å². The van der Waals surface area contributed by atoms with Crippen LogP contribution < -0.4 is 5.62 Å². The summed E-state index contributed by atoms with van der Waals surface area (Å²) in [7, 11) is 3.48. The molecule has 0 spiro atoms. The van der Waals surface area contributed by atoms with E-state index in [-0.39, 0.29) is 12.6 Å². The smallest absolute Gasteiger partial charge is 0.203 e. The number of imidazole rings is 1. The van der Waals surface area contributed by atoms with Crippen LogP contribution in [0, 0.1) is 12.3 Å². The molecule has 1 heterocycles. The van der Waals surface area contributed by atoms with Crippen LogP contribution >= 0.6 is 21.6 Å². The van der Waals surface area contributed by atoms with Crippen LogP contribution in [0.1, 0.15) is 22.7 Å². The number of aliphatic hydroxyl groups is 1. The first-order valence-electron chi connectivity index (χ1n) is 10.3. The number of para-hydroxylation sites is 2. The lowest BCUT2D eigenvalue weighted by Gasteiger charge is -2.17. The fraction of sp³-hybridized carbons (Fsp3) is 0.240. The van der Waals surface area contributed by atoms with Gasteiger partial charge < -0.3 is 14.2 Å². The van der Waals surface area contributed by atoms with E-state index in [1.165, 1.54) is 10.5 Å². The second-order valence-corrected chi connectivity index (χ2v) is 10.2. The van der Waals surface area contributed by atoms with Crippen molar-refractivity contribution >= 4 is 32.6 Å². The Balaban J connectivity index is 1.71. The number of hydrogen-bond donors (Lipinski definition) is 2. The number of nitrogens with one attached hydrogen (secondary N) is 1. The topological polar surface area (TPSA) is 53.9 Å². The van der Waals surface area contributed by atoms with Gasteiger partial charge in [0.2, 0.25) is 5.62 Å². The summed E-state index contributed by atoms with van der Waals surface area (Å²) in [6, 6.07) is 24.8. The number of aryl methyl sites for hydroxylation is 1. The molecular weight excluding hydrogens is 422 g/mol. The first-order valence-corrected chi connectivity index (χ1v) is 12.9. The van der Waals surface area contributed by atoms with E-state index in [9.17, 15) is 5.11 Å². The minimum atomic E-state index is -0.193. The van der Waals surface area contributed by atoms with Crippen molar-refractivity contribution in [3.63, 3.8) is 0 Å². The predicted octanol–water partition coefficient (Wildman–Crippen LogP) is 5.43.